The lowest BCUT2D eigenvalue weighted by Crippen LogP contribution is -2.60. The molecule has 4 nitrogen and oxygen atoms in total. The van der Waals surface area contributed by atoms with Gasteiger partial charge in [-0.2, -0.15) is 0 Å². The summed E-state index contributed by atoms with van der Waals surface area (Å²) < 4.78 is 5.87. The molecule has 1 spiro atoms. The number of carboxylic acids is 1. The van der Waals surface area contributed by atoms with Gasteiger partial charge in [-0.1, -0.05) is 19.9 Å². The van der Waals surface area contributed by atoms with Crippen molar-refractivity contribution in [2.75, 3.05) is 0 Å². The number of rotatable bonds is 2. The summed E-state index contributed by atoms with van der Waals surface area (Å²) in [6.45, 7) is 10.1. The summed E-state index contributed by atoms with van der Waals surface area (Å²) in [6.07, 6.45) is 7.86. The fourth-order valence-electron chi connectivity index (χ4n) is 7.95. The van der Waals surface area contributed by atoms with E-state index in [4.69, 9.17) is 4.74 Å². The molecule has 2 bridgehead atoms. The van der Waals surface area contributed by atoms with E-state index < -0.39 is 11.4 Å². The Bertz CT molecular complexity index is 669. The van der Waals surface area contributed by atoms with Crippen molar-refractivity contribution in [3.8, 4) is 0 Å². The van der Waals surface area contributed by atoms with Crippen molar-refractivity contribution in [3.05, 3.63) is 12.2 Å². The molecule has 0 aromatic heterocycles. The molecule has 4 rings (SSSR count). The van der Waals surface area contributed by atoms with Crippen LogP contribution in [0.1, 0.15) is 72.1 Å². The van der Waals surface area contributed by atoms with Gasteiger partial charge in [0.1, 0.15) is 6.10 Å². The summed E-state index contributed by atoms with van der Waals surface area (Å²) in [5.74, 6) is 0.242. The molecule has 0 aromatic rings. The fraction of sp³-hybridized carbons (Fsp3) is 0.818. The van der Waals surface area contributed by atoms with E-state index in [1.54, 1.807) is 0 Å². The van der Waals surface area contributed by atoms with Gasteiger partial charge < -0.3 is 9.84 Å². The van der Waals surface area contributed by atoms with Crippen LogP contribution in [-0.4, -0.2) is 23.1 Å². The van der Waals surface area contributed by atoms with Crippen LogP contribution in [-0.2, 0) is 14.3 Å². The average Bonchev–Trinajstić information content (AvgIpc) is 2.75. The predicted molar refractivity (Wildman–Crippen MR) is 98.4 cm³/mol. The Morgan fingerprint density at radius 2 is 1.85 bits per heavy atom. The van der Waals surface area contributed by atoms with Crippen molar-refractivity contribution in [2.24, 2.45) is 34.0 Å². The zero-order chi connectivity index (χ0) is 18.9. The fourth-order valence-corrected chi connectivity index (χ4v) is 7.95. The molecule has 0 radical (unpaired) electrons. The molecule has 0 aromatic carbocycles. The van der Waals surface area contributed by atoms with Crippen LogP contribution in [0, 0.1) is 34.0 Å². The van der Waals surface area contributed by atoms with Crippen molar-refractivity contribution in [3.63, 3.8) is 0 Å². The average molecular weight is 360 g/mol. The Hall–Kier alpha value is -1.32. The molecule has 4 saturated carbocycles. The molecule has 0 aliphatic heterocycles. The smallest absolute Gasteiger partial charge is 0.309 e. The van der Waals surface area contributed by atoms with E-state index in [0.717, 1.165) is 56.9 Å². The molecule has 1 N–H and O–H groups in total. The number of carboxylic acid groups (broad SMARTS) is 1. The molecule has 4 fully saturated rings. The van der Waals surface area contributed by atoms with Gasteiger partial charge in [-0.15, -0.1) is 0 Å². The molecule has 0 amide bonds. The summed E-state index contributed by atoms with van der Waals surface area (Å²) in [7, 11) is 0. The van der Waals surface area contributed by atoms with Gasteiger partial charge >= 0.3 is 11.9 Å². The first-order chi connectivity index (χ1) is 12.1. The maximum Gasteiger partial charge on any atom is 0.309 e. The zero-order valence-electron chi connectivity index (χ0n) is 16.3. The summed E-state index contributed by atoms with van der Waals surface area (Å²) in [6, 6.07) is 0. The van der Waals surface area contributed by atoms with Crippen LogP contribution in [0.25, 0.3) is 0 Å². The second-order valence-electron chi connectivity index (χ2n) is 10.0. The molecule has 6 unspecified atom stereocenters. The number of carbonyl (C=O) groups excluding carboxylic acids is 1. The number of hydrogen-bond acceptors (Lipinski definition) is 3. The Morgan fingerprint density at radius 3 is 2.50 bits per heavy atom. The van der Waals surface area contributed by atoms with E-state index in [0.29, 0.717) is 11.8 Å². The highest BCUT2D eigenvalue weighted by Gasteiger charge is 2.68. The summed E-state index contributed by atoms with van der Waals surface area (Å²) >= 11 is 0. The van der Waals surface area contributed by atoms with E-state index in [9.17, 15) is 14.7 Å². The van der Waals surface area contributed by atoms with Crippen molar-refractivity contribution < 1.29 is 19.4 Å². The maximum atomic E-state index is 12.2. The van der Waals surface area contributed by atoms with Gasteiger partial charge in [0.05, 0.1) is 5.41 Å². The number of aliphatic carboxylic acids is 1. The van der Waals surface area contributed by atoms with E-state index >= 15 is 0 Å². The molecule has 26 heavy (non-hydrogen) atoms. The lowest BCUT2D eigenvalue weighted by Gasteiger charge is -2.63. The van der Waals surface area contributed by atoms with E-state index in [1.807, 2.05) is 6.92 Å². The van der Waals surface area contributed by atoms with E-state index in [1.165, 1.54) is 6.92 Å². The molecule has 0 saturated heterocycles. The Kier molecular flexibility index (Phi) is 3.88. The van der Waals surface area contributed by atoms with Gasteiger partial charge in [-0.3, -0.25) is 9.59 Å². The largest absolute Gasteiger partial charge is 0.481 e. The summed E-state index contributed by atoms with van der Waals surface area (Å²) in [4.78, 5) is 24.0. The van der Waals surface area contributed by atoms with Gasteiger partial charge in [0.25, 0.3) is 0 Å². The highest BCUT2D eigenvalue weighted by atomic mass is 16.5. The number of hydrogen-bond donors (Lipinski definition) is 1. The summed E-state index contributed by atoms with van der Waals surface area (Å²) in [5.41, 5.74) is 0.477. The minimum atomic E-state index is -0.634. The molecule has 144 valence electrons. The second kappa shape index (κ2) is 5.59. The van der Waals surface area contributed by atoms with Gasteiger partial charge in [0, 0.05) is 12.3 Å². The minimum Gasteiger partial charge on any atom is -0.481 e. The number of ether oxygens (including phenoxy) is 1. The molecule has 7 atom stereocenters. The van der Waals surface area contributed by atoms with Gasteiger partial charge in [0.15, 0.2) is 0 Å². The van der Waals surface area contributed by atoms with Gasteiger partial charge in [-0.05, 0) is 80.6 Å². The first-order valence-electron chi connectivity index (χ1n) is 10.2. The van der Waals surface area contributed by atoms with Crippen LogP contribution in [0.3, 0.4) is 0 Å². The molecule has 4 aliphatic rings. The minimum absolute atomic E-state index is 0.0115. The van der Waals surface area contributed by atoms with E-state index in [2.05, 4.69) is 13.5 Å². The lowest BCUT2D eigenvalue weighted by molar-refractivity contribution is -0.195. The molecular weight excluding hydrogens is 328 g/mol. The first kappa shape index (κ1) is 18.1. The van der Waals surface area contributed by atoms with Crippen LogP contribution >= 0.6 is 0 Å². The monoisotopic (exact) mass is 360 g/mol. The maximum absolute atomic E-state index is 12.2. The predicted octanol–water partition coefficient (Wildman–Crippen LogP) is 4.58. The normalized spacial score (nSPS) is 49.9. The SMILES string of the molecule is C=C1C(OC(C)=O)C23CCC4C(C)(C(=O)O)CCCC4(C)C2CC[C@H]1C3. The van der Waals surface area contributed by atoms with Crippen LogP contribution in [0.4, 0.5) is 0 Å². The summed E-state index contributed by atoms with van der Waals surface area (Å²) in [5, 5.41) is 10.0. The number of carbonyl (C=O) groups is 2. The third kappa shape index (κ3) is 2.13. The molecule has 4 aliphatic carbocycles. The van der Waals surface area contributed by atoms with Crippen LogP contribution in [0.15, 0.2) is 12.2 Å². The Morgan fingerprint density at radius 1 is 1.12 bits per heavy atom. The lowest BCUT2D eigenvalue weighted by atomic mass is 9.40. The third-order valence-electron chi connectivity index (χ3n) is 8.95. The molecular formula is C22H32O4. The van der Waals surface area contributed by atoms with Gasteiger partial charge in [0.2, 0.25) is 0 Å². The van der Waals surface area contributed by atoms with Crippen molar-refractivity contribution >= 4 is 11.9 Å². The Labute approximate surface area is 156 Å². The first-order valence-corrected chi connectivity index (χ1v) is 10.2. The topological polar surface area (TPSA) is 63.6 Å². The van der Waals surface area contributed by atoms with Crippen LogP contribution < -0.4 is 0 Å². The van der Waals surface area contributed by atoms with Gasteiger partial charge in [-0.25, -0.2) is 0 Å². The highest BCUT2D eigenvalue weighted by Crippen LogP contribution is 2.72. The molecule has 4 heteroatoms. The van der Waals surface area contributed by atoms with Crippen LogP contribution in [0.5, 0.6) is 0 Å². The van der Waals surface area contributed by atoms with Crippen molar-refractivity contribution in [1.82, 2.24) is 0 Å². The standard InChI is InChI=1S/C22H32O4/c1-13-15-6-7-17-20(3)9-5-10-21(4,19(24)25)16(20)8-11-22(17,12-15)18(13)26-14(2)23/h15-18H,1,5-12H2,2-4H3,(H,24,25)/t15-,16?,17?,18?,20?,21?,22?/m0/s1. The third-order valence-corrected chi connectivity index (χ3v) is 8.95. The number of esters is 1. The van der Waals surface area contributed by atoms with Crippen LogP contribution in [0.2, 0.25) is 0 Å². The van der Waals surface area contributed by atoms with Crippen molar-refractivity contribution in [2.45, 2.75) is 78.2 Å². The molecule has 0 heterocycles. The quantitative estimate of drug-likeness (QED) is 0.578. The highest BCUT2D eigenvalue weighted by molar-refractivity contribution is 5.75. The second-order valence-corrected chi connectivity index (χ2v) is 10.0. The van der Waals surface area contributed by atoms with Crippen molar-refractivity contribution in [1.29, 1.82) is 0 Å². The van der Waals surface area contributed by atoms with E-state index in [-0.39, 0.29) is 28.8 Å². The zero-order valence-corrected chi connectivity index (χ0v) is 16.3. The Balaban J connectivity index is 1.77. The number of fused-ring (bicyclic) bond motifs is 3.